The summed E-state index contributed by atoms with van der Waals surface area (Å²) >= 11 is 0. The van der Waals surface area contributed by atoms with E-state index in [1.54, 1.807) is 0 Å². The van der Waals surface area contributed by atoms with Crippen LogP contribution in [0.5, 0.6) is 11.5 Å². The zero-order valence-corrected chi connectivity index (χ0v) is 15.3. The van der Waals surface area contributed by atoms with E-state index in [4.69, 9.17) is 9.47 Å². The van der Waals surface area contributed by atoms with E-state index >= 15 is 0 Å². The molecule has 1 unspecified atom stereocenters. The Labute approximate surface area is 147 Å². The Morgan fingerprint density at radius 2 is 1.76 bits per heavy atom. The van der Waals surface area contributed by atoms with Crippen LogP contribution in [0.1, 0.15) is 6.42 Å². The molecule has 0 saturated carbocycles. The highest BCUT2D eigenvalue weighted by Gasteiger charge is 2.34. The van der Waals surface area contributed by atoms with Gasteiger partial charge in [-0.2, -0.15) is 4.31 Å². The molecule has 25 heavy (non-hydrogen) atoms. The summed E-state index contributed by atoms with van der Waals surface area (Å²) in [5, 5.41) is 3.32. The highest BCUT2D eigenvalue weighted by Crippen LogP contribution is 2.33. The van der Waals surface area contributed by atoms with E-state index in [1.807, 2.05) is 0 Å². The highest BCUT2D eigenvalue weighted by molar-refractivity contribution is 7.89. The van der Waals surface area contributed by atoms with Crippen LogP contribution in [0.3, 0.4) is 0 Å². The molecule has 9 heteroatoms. The molecule has 1 N–H and O–H groups in total. The van der Waals surface area contributed by atoms with E-state index in [-0.39, 0.29) is 16.4 Å². The van der Waals surface area contributed by atoms with E-state index in [0.29, 0.717) is 32.2 Å². The first kappa shape index (κ1) is 18.4. The molecule has 0 aliphatic carbocycles. The van der Waals surface area contributed by atoms with Crippen molar-refractivity contribution in [3.63, 3.8) is 0 Å². The van der Waals surface area contributed by atoms with Gasteiger partial charge in [0, 0.05) is 50.9 Å². The number of hydrogen-bond donors (Lipinski definition) is 1. The molecule has 1 aromatic carbocycles. The van der Waals surface area contributed by atoms with E-state index in [2.05, 4.69) is 10.2 Å². The lowest BCUT2D eigenvalue weighted by molar-refractivity contribution is 0.145. The van der Waals surface area contributed by atoms with Gasteiger partial charge < -0.3 is 14.8 Å². The molecule has 1 aromatic rings. The van der Waals surface area contributed by atoms with Crippen molar-refractivity contribution < 1.29 is 22.3 Å². The van der Waals surface area contributed by atoms with Crippen molar-refractivity contribution in [3.8, 4) is 11.5 Å². The van der Waals surface area contributed by atoms with Gasteiger partial charge in [-0.1, -0.05) is 0 Å². The van der Waals surface area contributed by atoms with Crippen LogP contribution in [0.15, 0.2) is 17.0 Å². The molecular weight excluding hydrogens is 349 g/mol. The van der Waals surface area contributed by atoms with Gasteiger partial charge in [0.1, 0.15) is 10.7 Å². The Balaban J connectivity index is 1.78. The predicted molar refractivity (Wildman–Crippen MR) is 91.1 cm³/mol. The number of benzene rings is 1. The van der Waals surface area contributed by atoms with Crippen molar-refractivity contribution in [2.24, 2.45) is 0 Å². The van der Waals surface area contributed by atoms with Gasteiger partial charge >= 0.3 is 0 Å². The van der Waals surface area contributed by atoms with Crippen molar-refractivity contribution in [1.29, 1.82) is 0 Å². The molecule has 3 rings (SSSR count). The second kappa shape index (κ2) is 7.45. The van der Waals surface area contributed by atoms with Gasteiger partial charge in [0.15, 0.2) is 11.5 Å². The van der Waals surface area contributed by atoms with Crippen molar-refractivity contribution in [2.45, 2.75) is 17.4 Å². The van der Waals surface area contributed by atoms with Gasteiger partial charge in [-0.3, -0.25) is 4.90 Å². The minimum absolute atomic E-state index is 0.164. The molecule has 2 saturated heterocycles. The Morgan fingerprint density at radius 3 is 2.32 bits per heavy atom. The van der Waals surface area contributed by atoms with E-state index in [9.17, 15) is 12.8 Å². The molecule has 2 heterocycles. The average molecular weight is 373 g/mol. The fraction of sp³-hybridized carbons (Fsp3) is 0.625. The Bertz CT molecular complexity index is 714. The van der Waals surface area contributed by atoms with Crippen molar-refractivity contribution in [1.82, 2.24) is 14.5 Å². The topological polar surface area (TPSA) is 71.1 Å². The SMILES string of the molecule is COc1cc(F)c(S(=O)(=O)N2CCN(C3CCNC3)CC2)cc1OC. The number of nitrogens with zero attached hydrogens (tertiary/aromatic N) is 2. The summed E-state index contributed by atoms with van der Waals surface area (Å²) in [6.45, 7) is 3.96. The summed E-state index contributed by atoms with van der Waals surface area (Å²) in [5.74, 6) is -0.476. The number of piperazine rings is 1. The van der Waals surface area contributed by atoms with Crippen molar-refractivity contribution in [2.75, 3.05) is 53.5 Å². The van der Waals surface area contributed by atoms with Gasteiger partial charge in [-0.05, 0) is 13.0 Å². The number of sulfonamides is 1. The third-order valence-corrected chi connectivity index (χ3v) is 6.79. The van der Waals surface area contributed by atoms with Crippen LogP contribution in [0.2, 0.25) is 0 Å². The normalized spacial score (nSPS) is 22.9. The van der Waals surface area contributed by atoms with Gasteiger partial charge in [0.2, 0.25) is 10.0 Å². The maximum Gasteiger partial charge on any atom is 0.246 e. The lowest BCUT2D eigenvalue weighted by atomic mass is 10.2. The Hall–Kier alpha value is -1.42. The maximum absolute atomic E-state index is 14.4. The maximum atomic E-state index is 14.4. The smallest absolute Gasteiger partial charge is 0.246 e. The number of halogens is 1. The summed E-state index contributed by atoms with van der Waals surface area (Å²) in [7, 11) is -1.15. The minimum atomic E-state index is -3.92. The fourth-order valence-corrected chi connectivity index (χ4v) is 4.92. The number of nitrogens with one attached hydrogen (secondary N) is 1. The molecule has 140 valence electrons. The first-order valence-corrected chi connectivity index (χ1v) is 9.78. The number of hydrogen-bond acceptors (Lipinski definition) is 6. The Kier molecular flexibility index (Phi) is 5.47. The monoisotopic (exact) mass is 373 g/mol. The molecule has 2 aliphatic heterocycles. The number of rotatable bonds is 5. The van der Waals surface area contributed by atoms with Crippen LogP contribution in [-0.4, -0.2) is 77.2 Å². The van der Waals surface area contributed by atoms with Crippen LogP contribution in [0, 0.1) is 5.82 Å². The molecule has 0 bridgehead atoms. The van der Waals surface area contributed by atoms with Crippen LogP contribution >= 0.6 is 0 Å². The summed E-state index contributed by atoms with van der Waals surface area (Å²) < 4.78 is 51.6. The first-order valence-electron chi connectivity index (χ1n) is 8.34. The van der Waals surface area contributed by atoms with Crippen LogP contribution in [-0.2, 0) is 10.0 Å². The second-order valence-electron chi connectivity index (χ2n) is 6.22. The van der Waals surface area contributed by atoms with Crippen LogP contribution < -0.4 is 14.8 Å². The fourth-order valence-electron chi connectivity index (χ4n) is 3.43. The van der Waals surface area contributed by atoms with Gasteiger partial charge in [-0.15, -0.1) is 0 Å². The van der Waals surface area contributed by atoms with Crippen LogP contribution in [0.25, 0.3) is 0 Å². The largest absolute Gasteiger partial charge is 0.493 e. The highest BCUT2D eigenvalue weighted by atomic mass is 32.2. The zero-order valence-electron chi connectivity index (χ0n) is 14.5. The second-order valence-corrected chi connectivity index (χ2v) is 8.13. The average Bonchev–Trinajstić information content (AvgIpc) is 3.16. The quantitative estimate of drug-likeness (QED) is 0.811. The molecule has 0 aromatic heterocycles. The standard InChI is InChI=1S/C16H24FN3O4S/c1-23-14-9-13(17)16(10-15(14)24-2)25(21,22)20-7-5-19(6-8-20)12-3-4-18-11-12/h9-10,12,18H,3-8,11H2,1-2H3. The number of methoxy groups -OCH3 is 2. The van der Waals surface area contributed by atoms with Crippen molar-refractivity contribution in [3.05, 3.63) is 17.9 Å². The first-order chi connectivity index (χ1) is 12.0. The third-order valence-electron chi connectivity index (χ3n) is 4.88. The van der Waals surface area contributed by atoms with Gasteiger partial charge in [0.05, 0.1) is 14.2 Å². The lowest BCUT2D eigenvalue weighted by Crippen LogP contribution is -2.52. The number of ether oxygens (including phenoxy) is 2. The molecule has 2 aliphatic rings. The van der Waals surface area contributed by atoms with E-state index in [1.165, 1.54) is 24.6 Å². The zero-order chi connectivity index (χ0) is 18.0. The summed E-state index contributed by atoms with van der Waals surface area (Å²) in [5.41, 5.74) is 0. The third kappa shape index (κ3) is 3.59. The van der Waals surface area contributed by atoms with Gasteiger partial charge in [-0.25, -0.2) is 12.8 Å². The molecule has 0 spiro atoms. The summed E-state index contributed by atoms with van der Waals surface area (Å²) in [6.07, 6.45) is 1.08. The lowest BCUT2D eigenvalue weighted by Gasteiger charge is -2.37. The van der Waals surface area contributed by atoms with Gasteiger partial charge in [0.25, 0.3) is 0 Å². The molecule has 2 fully saturated rings. The molecule has 0 radical (unpaired) electrons. The van der Waals surface area contributed by atoms with Crippen molar-refractivity contribution >= 4 is 10.0 Å². The minimum Gasteiger partial charge on any atom is -0.493 e. The van der Waals surface area contributed by atoms with E-state index < -0.39 is 15.8 Å². The summed E-state index contributed by atoms with van der Waals surface area (Å²) in [4.78, 5) is 1.93. The van der Waals surface area contributed by atoms with Crippen LogP contribution in [0.4, 0.5) is 4.39 Å². The predicted octanol–water partition coefficient (Wildman–Crippen LogP) is 0.511. The van der Waals surface area contributed by atoms with E-state index in [0.717, 1.165) is 25.6 Å². The Morgan fingerprint density at radius 1 is 1.12 bits per heavy atom. The molecular formula is C16H24FN3O4S. The summed E-state index contributed by atoms with van der Waals surface area (Å²) in [6, 6.07) is 2.70. The molecule has 0 amide bonds. The molecule has 1 atom stereocenters. The molecule has 7 nitrogen and oxygen atoms in total.